The van der Waals surface area contributed by atoms with Crippen LogP contribution < -0.4 is 5.32 Å². The number of nitrogens with one attached hydrogen (secondary N) is 1. The Morgan fingerprint density at radius 3 is 3.00 bits per heavy atom. The van der Waals surface area contributed by atoms with Crippen LogP contribution in [0.4, 0.5) is 4.39 Å². The average Bonchev–Trinajstić information content (AvgIpc) is 2.74. The summed E-state index contributed by atoms with van der Waals surface area (Å²) in [5.74, 6) is 0. The molecule has 2 fully saturated rings. The summed E-state index contributed by atoms with van der Waals surface area (Å²) >= 11 is 1.31. The van der Waals surface area contributed by atoms with E-state index in [1.165, 1.54) is 11.8 Å². The number of aliphatic hydroxyl groups excluding tert-OH is 2. The van der Waals surface area contributed by atoms with E-state index in [0.717, 1.165) is 6.42 Å². The SMILES string of the molecule is CCCN=C1NC2C(OC(CO)C(O)C2F)S1. The molecule has 7 heteroatoms. The molecule has 5 atom stereocenters. The largest absolute Gasteiger partial charge is 0.394 e. The summed E-state index contributed by atoms with van der Waals surface area (Å²) in [6, 6.07) is -0.589. The molecule has 0 amide bonds. The molecular weight excluding hydrogens is 247 g/mol. The summed E-state index contributed by atoms with van der Waals surface area (Å²) in [7, 11) is 0. The fourth-order valence-corrected chi connectivity index (χ4v) is 3.04. The Kier molecular flexibility index (Phi) is 4.24. The zero-order chi connectivity index (χ0) is 12.4. The molecule has 2 saturated heterocycles. The molecule has 2 rings (SSSR count). The van der Waals surface area contributed by atoms with E-state index in [2.05, 4.69) is 10.3 Å². The van der Waals surface area contributed by atoms with Gasteiger partial charge < -0.3 is 20.3 Å². The minimum absolute atomic E-state index is 0.382. The third kappa shape index (κ3) is 2.57. The van der Waals surface area contributed by atoms with Crippen LogP contribution in [0.15, 0.2) is 4.99 Å². The summed E-state index contributed by atoms with van der Waals surface area (Å²) < 4.78 is 19.3. The van der Waals surface area contributed by atoms with Crippen LogP contribution in [0, 0.1) is 0 Å². The molecule has 0 aromatic carbocycles. The minimum atomic E-state index is -1.45. The highest BCUT2D eigenvalue weighted by Crippen LogP contribution is 2.35. The van der Waals surface area contributed by atoms with Crippen LogP contribution in [-0.2, 0) is 4.74 Å². The first kappa shape index (κ1) is 13.1. The van der Waals surface area contributed by atoms with Gasteiger partial charge in [0.1, 0.15) is 17.6 Å². The summed E-state index contributed by atoms with van der Waals surface area (Å²) in [6.07, 6.45) is -2.68. The highest BCUT2D eigenvalue weighted by atomic mass is 32.2. The van der Waals surface area contributed by atoms with Gasteiger partial charge in [-0.3, -0.25) is 4.99 Å². The van der Waals surface area contributed by atoms with Gasteiger partial charge in [0.2, 0.25) is 0 Å². The van der Waals surface area contributed by atoms with Gasteiger partial charge in [-0.1, -0.05) is 18.7 Å². The van der Waals surface area contributed by atoms with Crippen molar-refractivity contribution >= 4 is 16.9 Å². The molecule has 2 aliphatic rings. The second kappa shape index (κ2) is 5.51. The average molecular weight is 264 g/mol. The first-order valence-corrected chi connectivity index (χ1v) is 6.61. The van der Waals surface area contributed by atoms with Crippen molar-refractivity contribution in [2.24, 2.45) is 4.99 Å². The molecule has 2 aliphatic heterocycles. The van der Waals surface area contributed by atoms with E-state index in [9.17, 15) is 9.50 Å². The van der Waals surface area contributed by atoms with Crippen molar-refractivity contribution in [3.05, 3.63) is 0 Å². The lowest BCUT2D eigenvalue weighted by Crippen LogP contribution is -2.57. The molecule has 0 saturated carbocycles. The standard InChI is InChI=1S/C10H17FN2O3S/c1-2-3-12-10-13-7-6(11)8(15)5(4-14)16-9(7)17-10/h5-9,14-15H,2-4H2,1H3,(H,12,13). The number of hydrogen-bond acceptors (Lipinski definition) is 5. The van der Waals surface area contributed by atoms with Crippen molar-refractivity contribution in [3.63, 3.8) is 0 Å². The van der Waals surface area contributed by atoms with Crippen LogP contribution in [0.2, 0.25) is 0 Å². The molecular formula is C10H17FN2O3S. The Morgan fingerprint density at radius 1 is 1.59 bits per heavy atom. The maximum Gasteiger partial charge on any atom is 0.159 e. The zero-order valence-electron chi connectivity index (χ0n) is 9.54. The normalized spacial score (nSPS) is 43.5. The summed E-state index contributed by atoms with van der Waals surface area (Å²) in [6.45, 7) is 2.31. The lowest BCUT2D eigenvalue weighted by atomic mass is 10.00. The number of rotatable bonds is 3. The van der Waals surface area contributed by atoms with Gasteiger partial charge in [0.15, 0.2) is 11.3 Å². The number of thioether (sulfide) groups is 1. The fraction of sp³-hybridized carbons (Fsp3) is 0.900. The van der Waals surface area contributed by atoms with Crippen molar-refractivity contribution < 1.29 is 19.3 Å². The molecule has 0 radical (unpaired) electrons. The van der Waals surface area contributed by atoms with E-state index in [1.54, 1.807) is 0 Å². The topological polar surface area (TPSA) is 74.1 Å². The molecule has 3 N–H and O–H groups in total. The van der Waals surface area contributed by atoms with Gasteiger partial charge in [0, 0.05) is 6.54 Å². The Morgan fingerprint density at radius 2 is 2.35 bits per heavy atom. The summed E-state index contributed by atoms with van der Waals surface area (Å²) in [5, 5.41) is 22.2. The number of fused-ring (bicyclic) bond motifs is 1. The van der Waals surface area contributed by atoms with Crippen molar-refractivity contribution in [2.75, 3.05) is 13.2 Å². The van der Waals surface area contributed by atoms with Gasteiger partial charge in [-0.05, 0) is 6.42 Å². The predicted molar refractivity (Wildman–Crippen MR) is 63.8 cm³/mol. The smallest absolute Gasteiger partial charge is 0.159 e. The van der Waals surface area contributed by atoms with E-state index >= 15 is 0 Å². The minimum Gasteiger partial charge on any atom is -0.394 e. The van der Waals surface area contributed by atoms with Crippen LogP contribution in [0.5, 0.6) is 0 Å². The monoisotopic (exact) mass is 264 g/mol. The number of hydrogen-bond donors (Lipinski definition) is 3. The first-order chi connectivity index (χ1) is 8.17. The lowest BCUT2D eigenvalue weighted by Gasteiger charge is -2.36. The third-order valence-electron chi connectivity index (χ3n) is 2.83. The van der Waals surface area contributed by atoms with E-state index < -0.39 is 29.9 Å². The number of nitrogens with zero attached hydrogens (tertiary/aromatic N) is 1. The number of aliphatic imine (C=N–C) groups is 1. The predicted octanol–water partition coefficient (Wildman–Crippen LogP) is -0.126. The van der Waals surface area contributed by atoms with Gasteiger partial charge in [0.25, 0.3) is 0 Å². The molecule has 0 aromatic heterocycles. The van der Waals surface area contributed by atoms with Gasteiger partial charge in [-0.25, -0.2) is 4.39 Å². The van der Waals surface area contributed by atoms with E-state index in [-0.39, 0.29) is 6.61 Å². The molecule has 0 aliphatic carbocycles. The van der Waals surface area contributed by atoms with E-state index in [0.29, 0.717) is 11.7 Å². The van der Waals surface area contributed by atoms with Gasteiger partial charge in [-0.2, -0.15) is 0 Å². The molecule has 2 heterocycles. The highest BCUT2D eigenvalue weighted by Gasteiger charge is 2.49. The summed E-state index contributed by atoms with van der Waals surface area (Å²) in [5.41, 5.74) is -0.429. The van der Waals surface area contributed by atoms with Crippen molar-refractivity contribution in [3.8, 4) is 0 Å². The fourth-order valence-electron chi connectivity index (χ4n) is 1.89. The second-order valence-corrected chi connectivity index (χ2v) is 5.22. The maximum absolute atomic E-state index is 13.9. The van der Waals surface area contributed by atoms with Crippen LogP contribution in [0.3, 0.4) is 0 Å². The molecule has 98 valence electrons. The maximum atomic E-state index is 13.9. The van der Waals surface area contributed by atoms with Crippen LogP contribution >= 0.6 is 11.8 Å². The van der Waals surface area contributed by atoms with E-state index in [1.807, 2.05) is 6.92 Å². The lowest BCUT2D eigenvalue weighted by molar-refractivity contribution is -0.147. The highest BCUT2D eigenvalue weighted by molar-refractivity contribution is 8.14. The molecule has 0 spiro atoms. The Balaban J connectivity index is 2.04. The van der Waals surface area contributed by atoms with Crippen LogP contribution in [0.1, 0.15) is 13.3 Å². The van der Waals surface area contributed by atoms with Crippen LogP contribution in [0.25, 0.3) is 0 Å². The molecule has 5 nitrogen and oxygen atoms in total. The van der Waals surface area contributed by atoms with Crippen molar-refractivity contribution in [1.82, 2.24) is 5.32 Å². The molecule has 5 unspecified atom stereocenters. The molecule has 17 heavy (non-hydrogen) atoms. The second-order valence-electron chi connectivity index (χ2n) is 4.14. The molecule has 0 bridgehead atoms. The number of ether oxygens (including phenoxy) is 1. The van der Waals surface area contributed by atoms with Gasteiger partial charge in [-0.15, -0.1) is 0 Å². The van der Waals surface area contributed by atoms with Crippen molar-refractivity contribution in [1.29, 1.82) is 0 Å². The molecule has 0 aromatic rings. The quantitative estimate of drug-likeness (QED) is 0.662. The number of halogens is 1. The van der Waals surface area contributed by atoms with Gasteiger partial charge >= 0.3 is 0 Å². The van der Waals surface area contributed by atoms with E-state index in [4.69, 9.17) is 9.84 Å². The third-order valence-corrected chi connectivity index (χ3v) is 3.94. The number of alkyl halides is 1. The number of amidine groups is 1. The summed E-state index contributed by atoms with van der Waals surface area (Å²) in [4.78, 5) is 4.25. The van der Waals surface area contributed by atoms with Gasteiger partial charge in [0.05, 0.1) is 12.6 Å². The number of aliphatic hydroxyl groups is 2. The first-order valence-electron chi connectivity index (χ1n) is 5.73. The zero-order valence-corrected chi connectivity index (χ0v) is 10.4. The Bertz CT molecular complexity index is 305. The Hall–Kier alpha value is -0.370. The van der Waals surface area contributed by atoms with Crippen LogP contribution in [-0.4, -0.2) is 58.4 Å². The van der Waals surface area contributed by atoms with Crippen molar-refractivity contribution in [2.45, 2.75) is 43.2 Å². The Labute approximate surface area is 103 Å².